The minimum atomic E-state index is 0.547. The first-order valence-corrected chi connectivity index (χ1v) is 6.81. The monoisotopic (exact) mass is 233 g/mol. The van der Waals surface area contributed by atoms with Gasteiger partial charge >= 0.3 is 0 Å². The van der Waals surface area contributed by atoms with E-state index in [1.807, 2.05) is 0 Å². The lowest BCUT2D eigenvalue weighted by Gasteiger charge is -2.17. The molecule has 1 aromatic rings. The second-order valence-electron chi connectivity index (χ2n) is 5.84. The topological polar surface area (TPSA) is 12.0 Å². The Kier molecular flexibility index (Phi) is 5.70. The van der Waals surface area contributed by atoms with Crippen LogP contribution in [0.15, 0.2) is 24.3 Å². The largest absolute Gasteiger partial charge is 0.312 e. The molecule has 0 spiro atoms. The molecule has 0 aliphatic carbocycles. The maximum Gasteiger partial charge on any atom is 0.00815 e. The summed E-state index contributed by atoms with van der Waals surface area (Å²) in [5.41, 5.74) is 2.88. The van der Waals surface area contributed by atoms with Crippen molar-refractivity contribution in [2.75, 3.05) is 0 Å². The van der Waals surface area contributed by atoms with E-state index in [0.717, 1.165) is 12.3 Å². The molecule has 1 rings (SSSR count). The fourth-order valence-electron chi connectivity index (χ4n) is 2.26. The van der Waals surface area contributed by atoms with Crippen molar-refractivity contribution in [1.82, 2.24) is 5.32 Å². The van der Waals surface area contributed by atoms with Crippen molar-refractivity contribution in [1.29, 1.82) is 0 Å². The van der Waals surface area contributed by atoms with Gasteiger partial charge in [0.25, 0.3) is 0 Å². The number of benzene rings is 1. The van der Waals surface area contributed by atoms with Crippen LogP contribution in [-0.2, 0) is 12.8 Å². The number of hydrogen-bond donors (Lipinski definition) is 1. The van der Waals surface area contributed by atoms with E-state index < -0.39 is 0 Å². The van der Waals surface area contributed by atoms with Crippen molar-refractivity contribution >= 4 is 0 Å². The summed E-state index contributed by atoms with van der Waals surface area (Å²) in [6, 6.07) is 10.2. The smallest absolute Gasteiger partial charge is 0.00815 e. The Morgan fingerprint density at radius 1 is 0.824 bits per heavy atom. The molecule has 0 radical (unpaired) electrons. The van der Waals surface area contributed by atoms with Crippen LogP contribution in [0.2, 0.25) is 0 Å². The van der Waals surface area contributed by atoms with Gasteiger partial charge in [0.15, 0.2) is 0 Å². The van der Waals surface area contributed by atoms with Crippen LogP contribution in [-0.4, -0.2) is 12.1 Å². The lowest BCUT2D eigenvalue weighted by atomic mass is 9.99. The molecule has 1 atom stereocenters. The molecule has 96 valence electrons. The molecule has 0 bridgehead atoms. The van der Waals surface area contributed by atoms with Crippen LogP contribution in [0.1, 0.15) is 45.7 Å². The molecular weight excluding hydrogens is 206 g/mol. The molecule has 1 heteroatoms. The number of rotatable bonds is 6. The number of nitrogens with one attached hydrogen (secondary N) is 1. The lowest BCUT2D eigenvalue weighted by molar-refractivity contribution is 0.487. The normalized spacial score (nSPS) is 13.4. The van der Waals surface area contributed by atoms with Crippen molar-refractivity contribution in [3.8, 4) is 0 Å². The predicted molar refractivity (Wildman–Crippen MR) is 76.4 cm³/mol. The predicted octanol–water partition coefficient (Wildman–Crippen LogP) is 3.81. The summed E-state index contributed by atoms with van der Waals surface area (Å²) in [5.74, 6) is 0.738. The Morgan fingerprint density at radius 3 is 1.71 bits per heavy atom. The average Bonchev–Trinajstić information content (AvgIpc) is 2.18. The Balaban J connectivity index is 2.50. The highest BCUT2D eigenvalue weighted by molar-refractivity contribution is 5.23. The van der Waals surface area contributed by atoms with Gasteiger partial charge in [-0.25, -0.2) is 0 Å². The Labute approximate surface area is 107 Å². The Hall–Kier alpha value is -0.820. The van der Waals surface area contributed by atoms with Gasteiger partial charge in [-0.05, 0) is 36.8 Å². The van der Waals surface area contributed by atoms with Gasteiger partial charge < -0.3 is 5.32 Å². The molecule has 17 heavy (non-hydrogen) atoms. The Bertz CT molecular complexity index is 311. The maximum absolute atomic E-state index is 3.54. The summed E-state index contributed by atoms with van der Waals surface area (Å²) in [4.78, 5) is 0. The summed E-state index contributed by atoms with van der Waals surface area (Å²) in [5, 5.41) is 3.54. The second kappa shape index (κ2) is 6.80. The highest BCUT2D eigenvalue weighted by Gasteiger charge is 2.05. The fraction of sp³-hybridized carbons (Fsp3) is 0.625. The van der Waals surface area contributed by atoms with E-state index in [2.05, 4.69) is 64.2 Å². The number of hydrogen-bond acceptors (Lipinski definition) is 1. The van der Waals surface area contributed by atoms with Crippen LogP contribution in [0.25, 0.3) is 0 Å². The zero-order valence-electron chi connectivity index (χ0n) is 12.0. The highest BCUT2D eigenvalue weighted by atomic mass is 14.9. The highest BCUT2D eigenvalue weighted by Crippen LogP contribution is 2.11. The lowest BCUT2D eigenvalue weighted by Crippen LogP contribution is -2.33. The summed E-state index contributed by atoms with van der Waals surface area (Å²) < 4.78 is 0. The van der Waals surface area contributed by atoms with Crippen molar-refractivity contribution in [2.45, 2.75) is 59.5 Å². The summed E-state index contributed by atoms with van der Waals surface area (Å²) in [7, 11) is 0. The van der Waals surface area contributed by atoms with E-state index in [1.54, 1.807) is 0 Å². The van der Waals surface area contributed by atoms with Gasteiger partial charge in [0.2, 0.25) is 0 Å². The van der Waals surface area contributed by atoms with Crippen LogP contribution < -0.4 is 5.32 Å². The fourth-order valence-corrected chi connectivity index (χ4v) is 2.26. The molecule has 0 saturated carbocycles. The van der Waals surface area contributed by atoms with Gasteiger partial charge in [-0.2, -0.15) is 0 Å². The average molecular weight is 233 g/mol. The molecule has 1 nitrogen and oxygen atoms in total. The van der Waals surface area contributed by atoms with Gasteiger partial charge in [-0.15, -0.1) is 0 Å². The minimum Gasteiger partial charge on any atom is -0.312 e. The molecule has 0 heterocycles. The van der Waals surface area contributed by atoms with Gasteiger partial charge in [-0.3, -0.25) is 0 Å². The molecule has 0 aromatic heterocycles. The molecular formula is C16H27N. The zero-order valence-corrected chi connectivity index (χ0v) is 12.0. The van der Waals surface area contributed by atoms with Gasteiger partial charge in [0.1, 0.15) is 0 Å². The van der Waals surface area contributed by atoms with Crippen LogP contribution in [0, 0.1) is 5.92 Å². The summed E-state index contributed by atoms with van der Waals surface area (Å²) in [6.07, 6.45) is 2.29. The van der Waals surface area contributed by atoms with Gasteiger partial charge in [-0.1, -0.05) is 52.0 Å². The van der Waals surface area contributed by atoms with Crippen molar-refractivity contribution in [3.63, 3.8) is 0 Å². The molecule has 1 N–H and O–H groups in total. The summed E-state index contributed by atoms with van der Waals surface area (Å²) >= 11 is 0. The standard InChI is InChI=1S/C16H27N/c1-12(2)10-15-6-8-16(9-7-15)11-14(5)17-13(3)4/h6-9,12-14,17H,10-11H2,1-5H3. The first kappa shape index (κ1) is 14.2. The summed E-state index contributed by atoms with van der Waals surface area (Å²) in [6.45, 7) is 11.2. The third-order valence-electron chi connectivity index (χ3n) is 2.83. The first-order valence-electron chi connectivity index (χ1n) is 6.81. The first-order chi connectivity index (χ1) is 7.97. The molecule has 1 aromatic carbocycles. The van der Waals surface area contributed by atoms with E-state index in [0.29, 0.717) is 12.1 Å². The third kappa shape index (κ3) is 5.88. The minimum absolute atomic E-state index is 0.547. The van der Waals surface area contributed by atoms with Gasteiger partial charge in [0.05, 0.1) is 0 Å². The second-order valence-corrected chi connectivity index (χ2v) is 5.84. The van der Waals surface area contributed by atoms with Crippen molar-refractivity contribution < 1.29 is 0 Å². The quantitative estimate of drug-likeness (QED) is 0.787. The van der Waals surface area contributed by atoms with Crippen molar-refractivity contribution in [3.05, 3.63) is 35.4 Å². The van der Waals surface area contributed by atoms with Crippen molar-refractivity contribution in [2.24, 2.45) is 5.92 Å². The zero-order chi connectivity index (χ0) is 12.8. The van der Waals surface area contributed by atoms with Gasteiger partial charge in [0, 0.05) is 12.1 Å². The van der Waals surface area contributed by atoms with E-state index in [9.17, 15) is 0 Å². The Morgan fingerprint density at radius 2 is 1.29 bits per heavy atom. The van der Waals surface area contributed by atoms with Crippen LogP contribution in [0.4, 0.5) is 0 Å². The molecule has 0 aliphatic heterocycles. The molecule has 0 aliphatic rings. The van der Waals surface area contributed by atoms with Crippen LogP contribution >= 0.6 is 0 Å². The van der Waals surface area contributed by atoms with E-state index >= 15 is 0 Å². The molecule has 0 amide bonds. The molecule has 0 fully saturated rings. The SMILES string of the molecule is CC(C)Cc1ccc(CC(C)NC(C)C)cc1. The maximum atomic E-state index is 3.54. The molecule has 1 unspecified atom stereocenters. The van der Waals surface area contributed by atoms with Crippen LogP contribution in [0.5, 0.6) is 0 Å². The molecule has 0 saturated heterocycles. The third-order valence-corrected chi connectivity index (χ3v) is 2.83. The van der Waals surface area contributed by atoms with E-state index in [-0.39, 0.29) is 0 Å². The van der Waals surface area contributed by atoms with Crippen LogP contribution in [0.3, 0.4) is 0 Å². The van der Waals surface area contributed by atoms with E-state index in [4.69, 9.17) is 0 Å². The van der Waals surface area contributed by atoms with E-state index in [1.165, 1.54) is 17.5 Å².